The van der Waals surface area contributed by atoms with Gasteiger partial charge in [0.05, 0.1) is 0 Å². The van der Waals surface area contributed by atoms with Crippen LogP contribution in [0.25, 0.3) is 0 Å². The molecule has 0 atom stereocenters. The summed E-state index contributed by atoms with van der Waals surface area (Å²) in [6.45, 7) is 2.28. The molecular formula is C18H27NO. The van der Waals surface area contributed by atoms with E-state index in [1.165, 1.54) is 56.2 Å². The van der Waals surface area contributed by atoms with E-state index in [0.717, 1.165) is 18.6 Å². The Bertz CT molecular complexity index is 390. The molecule has 0 radical (unpaired) electrons. The largest absolute Gasteiger partial charge is 0.303 e. The first-order valence-electron chi connectivity index (χ1n) is 8.22. The molecule has 1 fully saturated rings. The molecule has 0 N–H and O–H groups in total. The highest BCUT2D eigenvalue weighted by Crippen LogP contribution is 2.36. The number of aromatic nitrogens is 1. The van der Waals surface area contributed by atoms with Crippen molar-refractivity contribution in [3.05, 3.63) is 29.6 Å². The van der Waals surface area contributed by atoms with Gasteiger partial charge in [-0.1, -0.05) is 32.3 Å². The highest BCUT2D eigenvalue weighted by atomic mass is 16.1. The Balaban J connectivity index is 1.82. The number of carbonyl (C=O) groups is 1. The lowest BCUT2D eigenvalue weighted by atomic mass is 9.78. The summed E-state index contributed by atoms with van der Waals surface area (Å²) in [4.78, 5) is 15.0. The minimum atomic E-state index is 0.601. The Labute approximate surface area is 123 Å². The van der Waals surface area contributed by atoms with Gasteiger partial charge in [0, 0.05) is 24.2 Å². The number of nitrogens with zero attached hydrogens (tertiary/aromatic N) is 1. The topological polar surface area (TPSA) is 30.0 Å². The molecule has 110 valence electrons. The van der Waals surface area contributed by atoms with Crippen molar-refractivity contribution in [1.29, 1.82) is 0 Å². The number of aryl methyl sites for hydroxylation is 1. The number of unbranched alkanes of at least 4 members (excludes halogenated alkanes) is 1. The zero-order chi connectivity index (χ0) is 14.2. The van der Waals surface area contributed by atoms with E-state index in [9.17, 15) is 4.79 Å². The van der Waals surface area contributed by atoms with Crippen LogP contribution in [0.4, 0.5) is 0 Å². The average Bonchev–Trinajstić information content (AvgIpc) is 2.52. The first-order chi connectivity index (χ1) is 9.83. The van der Waals surface area contributed by atoms with Crippen LogP contribution in [0, 0.1) is 5.92 Å². The molecule has 0 spiro atoms. The molecule has 0 amide bonds. The first-order valence-corrected chi connectivity index (χ1v) is 8.22. The summed E-state index contributed by atoms with van der Waals surface area (Å²) in [5, 5.41) is 0. The van der Waals surface area contributed by atoms with Crippen molar-refractivity contribution in [3.8, 4) is 0 Å². The maximum atomic E-state index is 10.4. The molecule has 1 aromatic heterocycles. The van der Waals surface area contributed by atoms with Crippen LogP contribution >= 0.6 is 0 Å². The normalized spacial score (nSPS) is 22.6. The number of carbonyl (C=O) groups excluding carboxylic acids is 1. The van der Waals surface area contributed by atoms with Gasteiger partial charge in [-0.3, -0.25) is 4.98 Å². The lowest BCUT2D eigenvalue weighted by Crippen LogP contribution is -2.14. The van der Waals surface area contributed by atoms with E-state index in [1.807, 2.05) is 6.20 Å². The molecule has 0 aromatic carbocycles. The van der Waals surface area contributed by atoms with Crippen LogP contribution in [-0.2, 0) is 11.2 Å². The molecule has 2 nitrogen and oxygen atoms in total. The Morgan fingerprint density at radius 1 is 1.25 bits per heavy atom. The molecule has 2 rings (SSSR count). The van der Waals surface area contributed by atoms with Crippen molar-refractivity contribution in [2.45, 2.75) is 70.6 Å². The summed E-state index contributed by atoms with van der Waals surface area (Å²) in [7, 11) is 0. The Kier molecular flexibility index (Phi) is 6.23. The molecule has 0 unspecified atom stereocenters. The maximum Gasteiger partial charge on any atom is 0.120 e. The summed E-state index contributed by atoms with van der Waals surface area (Å²) in [5.74, 6) is 1.62. The number of hydrogen-bond acceptors (Lipinski definition) is 2. The van der Waals surface area contributed by atoms with E-state index >= 15 is 0 Å². The summed E-state index contributed by atoms with van der Waals surface area (Å²) in [5.41, 5.74) is 2.44. The molecule has 20 heavy (non-hydrogen) atoms. The third kappa shape index (κ3) is 4.43. The third-order valence-electron chi connectivity index (χ3n) is 4.63. The van der Waals surface area contributed by atoms with Crippen LogP contribution in [0.15, 0.2) is 18.3 Å². The van der Waals surface area contributed by atoms with Crippen LogP contribution < -0.4 is 0 Å². The summed E-state index contributed by atoms with van der Waals surface area (Å²) in [6.07, 6.45) is 13.8. The van der Waals surface area contributed by atoms with Gasteiger partial charge in [-0.05, 0) is 49.7 Å². The second kappa shape index (κ2) is 8.18. The molecular weight excluding hydrogens is 246 g/mol. The van der Waals surface area contributed by atoms with Gasteiger partial charge in [0.15, 0.2) is 0 Å². The molecule has 1 saturated carbocycles. The Hall–Kier alpha value is -1.18. The highest BCUT2D eigenvalue weighted by Gasteiger charge is 2.22. The quantitative estimate of drug-likeness (QED) is 0.675. The number of pyridine rings is 1. The summed E-state index contributed by atoms with van der Waals surface area (Å²) >= 11 is 0. The van der Waals surface area contributed by atoms with Gasteiger partial charge in [-0.25, -0.2) is 0 Å². The molecule has 0 bridgehead atoms. The SMILES string of the molecule is CCCC[C@H]1CC[C@H](c2ccc(CCC=O)cn2)CC1. The average molecular weight is 273 g/mol. The molecule has 2 heteroatoms. The van der Waals surface area contributed by atoms with Crippen molar-refractivity contribution in [2.75, 3.05) is 0 Å². The van der Waals surface area contributed by atoms with Gasteiger partial charge in [0.1, 0.15) is 6.29 Å². The second-order valence-corrected chi connectivity index (χ2v) is 6.16. The molecule has 1 aliphatic rings. The standard InChI is InChI=1S/C18H27NO/c1-2-3-5-15-7-10-17(11-8-15)18-12-9-16(14-19-18)6-4-13-20/h9,12-15,17H,2-8,10-11H2,1H3/t15-,17-. The highest BCUT2D eigenvalue weighted by molar-refractivity contribution is 5.49. The molecule has 0 saturated heterocycles. The van der Waals surface area contributed by atoms with Gasteiger partial charge >= 0.3 is 0 Å². The van der Waals surface area contributed by atoms with E-state index in [-0.39, 0.29) is 0 Å². The van der Waals surface area contributed by atoms with E-state index in [1.54, 1.807) is 0 Å². The number of aldehydes is 1. The van der Waals surface area contributed by atoms with E-state index < -0.39 is 0 Å². The molecule has 0 aliphatic heterocycles. The van der Waals surface area contributed by atoms with Gasteiger partial charge in [0.2, 0.25) is 0 Å². The van der Waals surface area contributed by atoms with Crippen LogP contribution in [0.2, 0.25) is 0 Å². The number of hydrogen-bond donors (Lipinski definition) is 0. The maximum absolute atomic E-state index is 10.4. The summed E-state index contributed by atoms with van der Waals surface area (Å²) in [6, 6.07) is 4.33. The van der Waals surface area contributed by atoms with E-state index in [0.29, 0.717) is 12.3 Å². The predicted octanol–water partition coefficient (Wildman–Crippen LogP) is 4.68. The van der Waals surface area contributed by atoms with Crippen molar-refractivity contribution >= 4 is 6.29 Å². The van der Waals surface area contributed by atoms with Gasteiger partial charge < -0.3 is 4.79 Å². The predicted molar refractivity (Wildman–Crippen MR) is 82.8 cm³/mol. The van der Waals surface area contributed by atoms with Crippen molar-refractivity contribution < 1.29 is 4.79 Å². The molecule has 1 heterocycles. The molecule has 1 aliphatic carbocycles. The fourth-order valence-corrected chi connectivity index (χ4v) is 3.29. The van der Waals surface area contributed by atoms with Crippen molar-refractivity contribution in [2.24, 2.45) is 5.92 Å². The minimum Gasteiger partial charge on any atom is -0.303 e. The zero-order valence-electron chi connectivity index (χ0n) is 12.7. The minimum absolute atomic E-state index is 0.601. The number of rotatable bonds is 7. The first kappa shape index (κ1) is 15.2. The third-order valence-corrected chi connectivity index (χ3v) is 4.63. The van der Waals surface area contributed by atoms with Crippen molar-refractivity contribution in [1.82, 2.24) is 4.98 Å². The monoisotopic (exact) mass is 273 g/mol. The van der Waals surface area contributed by atoms with Crippen LogP contribution in [-0.4, -0.2) is 11.3 Å². The fourth-order valence-electron chi connectivity index (χ4n) is 3.29. The zero-order valence-corrected chi connectivity index (χ0v) is 12.7. The second-order valence-electron chi connectivity index (χ2n) is 6.16. The molecule has 1 aromatic rings. The lowest BCUT2D eigenvalue weighted by Gasteiger charge is -2.28. The summed E-state index contributed by atoms with van der Waals surface area (Å²) < 4.78 is 0. The van der Waals surface area contributed by atoms with Crippen LogP contribution in [0.1, 0.15) is 75.5 Å². The van der Waals surface area contributed by atoms with Crippen molar-refractivity contribution in [3.63, 3.8) is 0 Å². The van der Waals surface area contributed by atoms with Gasteiger partial charge in [-0.2, -0.15) is 0 Å². The van der Waals surface area contributed by atoms with Crippen LogP contribution in [0.5, 0.6) is 0 Å². The lowest BCUT2D eigenvalue weighted by molar-refractivity contribution is -0.107. The smallest absolute Gasteiger partial charge is 0.120 e. The van der Waals surface area contributed by atoms with E-state index in [4.69, 9.17) is 0 Å². The van der Waals surface area contributed by atoms with E-state index in [2.05, 4.69) is 24.0 Å². The van der Waals surface area contributed by atoms with Crippen LogP contribution in [0.3, 0.4) is 0 Å². The van der Waals surface area contributed by atoms with Gasteiger partial charge in [-0.15, -0.1) is 0 Å². The Morgan fingerprint density at radius 2 is 2.05 bits per heavy atom. The van der Waals surface area contributed by atoms with Gasteiger partial charge in [0.25, 0.3) is 0 Å². The fraction of sp³-hybridized carbons (Fsp3) is 0.667. The Morgan fingerprint density at radius 3 is 2.65 bits per heavy atom.